The Morgan fingerprint density at radius 3 is 2.56 bits per heavy atom. The van der Waals surface area contributed by atoms with Crippen LogP contribution in [0, 0.1) is 0 Å². The van der Waals surface area contributed by atoms with Crippen LogP contribution in [0.4, 0.5) is 0 Å². The first-order valence-electron chi connectivity index (χ1n) is 2.44. The van der Waals surface area contributed by atoms with Crippen molar-refractivity contribution in [2.45, 2.75) is 0 Å². The summed E-state index contributed by atoms with van der Waals surface area (Å²) >= 11 is 12.4. The third-order valence-electron chi connectivity index (χ3n) is 0.920. The van der Waals surface area contributed by atoms with E-state index in [1.807, 2.05) is 12.3 Å². The quantitative estimate of drug-likeness (QED) is 0.475. The van der Waals surface area contributed by atoms with Crippen LogP contribution in [0.2, 0.25) is 0 Å². The van der Waals surface area contributed by atoms with E-state index in [4.69, 9.17) is 0 Å². The van der Waals surface area contributed by atoms with Gasteiger partial charge in [0.05, 0.1) is 6.54 Å². The smallest absolute Gasteiger partial charge is 0.0594 e. The van der Waals surface area contributed by atoms with E-state index in [0.717, 1.165) is 16.4 Å². The third kappa shape index (κ3) is 2.20. The first kappa shape index (κ1) is 7.44. The van der Waals surface area contributed by atoms with E-state index in [1.54, 1.807) is 4.31 Å². The van der Waals surface area contributed by atoms with Crippen molar-refractivity contribution < 1.29 is 0 Å². The zero-order valence-corrected chi connectivity index (χ0v) is 7.33. The van der Waals surface area contributed by atoms with E-state index in [1.165, 1.54) is 0 Å². The van der Waals surface area contributed by atoms with Gasteiger partial charge in [-0.1, -0.05) is 12.8 Å². The third-order valence-corrected chi connectivity index (χ3v) is 1.69. The molecule has 4 heteroatoms. The summed E-state index contributed by atoms with van der Waals surface area (Å²) in [6, 6.07) is 0. The number of hydrogen-bond donors (Lipinski definition) is 3. The zero-order valence-electron chi connectivity index (χ0n) is 4.65. The van der Waals surface area contributed by atoms with Crippen molar-refractivity contribution in [3.63, 3.8) is 0 Å². The topological polar surface area (TPSA) is 3.24 Å². The van der Waals surface area contributed by atoms with E-state index in [-0.39, 0.29) is 0 Å². The minimum atomic E-state index is 0.760. The molecule has 0 N–H and O–H groups in total. The number of rotatable bonds is 0. The van der Waals surface area contributed by atoms with Gasteiger partial charge < -0.3 is 4.31 Å². The maximum absolute atomic E-state index is 4.16. The highest BCUT2D eigenvalue weighted by atomic mass is 32.1. The van der Waals surface area contributed by atoms with Gasteiger partial charge in [-0.15, -0.1) is 25.3 Å². The maximum atomic E-state index is 4.16. The first-order valence-corrected chi connectivity index (χ1v) is 3.74. The monoisotopic (exact) mass is 177 g/mol. The van der Waals surface area contributed by atoms with Gasteiger partial charge in [-0.05, 0) is 6.08 Å². The van der Waals surface area contributed by atoms with Crippen molar-refractivity contribution >= 4 is 38.1 Å². The molecule has 0 radical (unpaired) electrons. The van der Waals surface area contributed by atoms with E-state index in [0.29, 0.717) is 0 Å². The van der Waals surface area contributed by atoms with Crippen LogP contribution >= 0.6 is 38.1 Å². The predicted octanol–water partition coefficient (Wildman–Crippen LogP) is 1.73. The maximum Gasteiger partial charge on any atom is 0.0594 e. The van der Waals surface area contributed by atoms with Crippen LogP contribution in [0.5, 0.6) is 0 Å². The second-order valence-corrected chi connectivity index (χ2v) is 3.39. The summed E-state index contributed by atoms with van der Waals surface area (Å²) in [5.74, 6) is 0. The molecular weight excluding hydrogens is 170 g/mol. The molecule has 0 aromatic rings. The summed E-state index contributed by atoms with van der Waals surface area (Å²) in [6.45, 7) is 0.760. The molecule has 0 aromatic heterocycles. The summed E-state index contributed by atoms with van der Waals surface area (Å²) in [7, 11) is 0. The van der Waals surface area contributed by atoms with Gasteiger partial charge in [-0.2, -0.15) is 0 Å². The molecule has 1 heterocycles. The van der Waals surface area contributed by atoms with E-state index < -0.39 is 0 Å². The Balaban J connectivity index is 2.74. The standard InChI is InChI=1S/C5H7NS3/c7-4-1-5(8)3-6(9)2-4/h1-2,7-9H,3H2. The molecule has 1 rings (SSSR count). The average Bonchev–Trinajstić information content (AvgIpc) is 1.59. The zero-order chi connectivity index (χ0) is 6.85. The summed E-state index contributed by atoms with van der Waals surface area (Å²) in [6.07, 6.45) is 3.74. The fraction of sp³-hybridized carbons (Fsp3) is 0.200. The van der Waals surface area contributed by atoms with Crippen molar-refractivity contribution in [3.8, 4) is 0 Å². The van der Waals surface area contributed by atoms with Gasteiger partial charge in [0.25, 0.3) is 0 Å². The lowest BCUT2D eigenvalue weighted by Crippen LogP contribution is -2.09. The molecule has 0 aliphatic carbocycles. The van der Waals surface area contributed by atoms with Crippen molar-refractivity contribution in [2.75, 3.05) is 6.54 Å². The molecule has 0 saturated heterocycles. The van der Waals surface area contributed by atoms with Gasteiger partial charge in [0, 0.05) is 16.0 Å². The van der Waals surface area contributed by atoms with E-state index in [2.05, 4.69) is 38.1 Å². The van der Waals surface area contributed by atoms with Crippen molar-refractivity contribution in [3.05, 3.63) is 22.1 Å². The van der Waals surface area contributed by atoms with Gasteiger partial charge in [-0.25, -0.2) is 0 Å². The molecular formula is C5H7NS3. The predicted molar refractivity (Wildman–Crippen MR) is 49.8 cm³/mol. The fourth-order valence-corrected chi connectivity index (χ4v) is 1.79. The summed E-state index contributed by atoms with van der Waals surface area (Å²) in [5, 5.41) is 0. The van der Waals surface area contributed by atoms with Gasteiger partial charge in [0.1, 0.15) is 0 Å². The van der Waals surface area contributed by atoms with Crippen molar-refractivity contribution in [1.82, 2.24) is 4.31 Å². The molecule has 0 aromatic carbocycles. The highest BCUT2D eigenvalue weighted by Gasteiger charge is 2.02. The lowest BCUT2D eigenvalue weighted by atomic mass is 10.4. The molecule has 9 heavy (non-hydrogen) atoms. The average molecular weight is 177 g/mol. The summed E-state index contributed by atoms with van der Waals surface area (Å²) in [4.78, 5) is 1.87. The van der Waals surface area contributed by atoms with Gasteiger partial charge in [0.15, 0.2) is 0 Å². The fourth-order valence-electron chi connectivity index (χ4n) is 0.618. The molecule has 0 spiro atoms. The molecule has 0 bridgehead atoms. The Bertz CT molecular complexity index is 173. The number of thiol groups is 3. The SMILES string of the molecule is SC1=CN(S)CC(S)=C1. The Hall–Kier alpha value is 0.330. The molecule has 0 atom stereocenters. The first-order chi connectivity index (χ1) is 4.18. The molecule has 1 nitrogen and oxygen atoms in total. The highest BCUT2D eigenvalue weighted by Crippen LogP contribution is 2.18. The molecule has 0 fully saturated rings. The van der Waals surface area contributed by atoms with Crippen LogP contribution in [-0.2, 0) is 0 Å². The van der Waals surface area contributed by atoms with Crippen LogP contribution < -0.4 is 0 Å². The summed E-state index contributed by atoms with van der Waals surface area (Å²) < 4.78 is 1.74. The molecule has 0 saturated carbocycles. The number of allylic oxidation sites excluding steroid dienone is 1. The largest absolute Gasteiger partial charge is 0.320 e. The minimum Gasteiger partial charge on any atom is -0.320 e. The van der Waals surface area contributed by atoms with Crippen molar-refractivity contribution in [2.24, 2.45) is 0 Å². The molecule has 0 unspecified atom stereocenters. The minimum absolute atomic E-state index is 0.760. The van der Waals surface area contributed by atoms with Gasteiger partial charge in [-0.3, -0.25) is 0 Å². The van der Waals surface area contributed by atoms with Crippen molar-refractivity contribution in [1.29, 1.82) is 0 Å². The lowest BCUT2D eigenvalue weighted by molar-refractivity contribution is 0.693. The molecule has 0 amide bonds. The second kappa shape index (κ2) is 2.94. The van der Waals surface area contributed by atoms with Crippen LogP contribution in [0.1, 0.15) is 0 Å². The molecule has 1 aliphatic heterocycles. The van der Waals surface area contributed by atoms with Gasteiger partial charge in [0.2, 0.25) is 0 Å². The number of nitrogens with zero attached hydrogens (tertiary/aromatic N) is 1. The number of hydrogen-bond acceptors (Lipinski definition) is 4. The molecule has 50 valence electrons. The summed E-state index contributed by atoms with van der Waals surface area (Å²) in [5.41, 5.74) is 0. The van der Waals surface area contributed by atoms with Crippen LogP contribution in [0.25, 0.3) is 0 Å². The van der Waals surface area contributed by atoms with Gasteiger partial charge >= 0.3 is 0 Å². The Kier molecular flexibility index (Phi) is 2.43. The van der Waals surface area contributed by atoms with E-state index in [9.17, 15) is 0 Å². The van der Waals surface area contributed by atoms with Crippen LogP contribution in [0.15, 0.2) is 22.1 Å². The Morgan fingerprint density at radius 1 is 1.44 bits per heavy atom. The molecule has 1 aliphatic rings. The second-order valence-electron chi connectivity index (χ2n) is 1.79. The van der Waals surface area contributed by atoms with Crippen LogP contribution in [-0.4, -0.2) is 10.8 Å². The normalized spacial score (nSPS) is 19.2. The highest BCUT2D eigenvalue weighted by molar-refractivity contribution is 7.86. The Labute approximate surface area is 71.2 Å². The van der Waals surface area contributed by atoms with Crippen LogP contribution in [0.3, 0.4) is 0 Å². The van der Waals surface area contributed by atoms with E-state index >= 15 is 0 Å². The Morgan fingerprint density at radius 2 is 2.11 bits per heavy atom. The lowest BCUT2D eigenvalue weighted by Gasteiger charge is -2.16.